The highest BCUT2D eigenvalue weighted by atomic mass is 35.5. The molecule has 2 aromatic carbocycles. The fourth-order valence-corrected chi connectivity index (χ4v) is 4.68. The zero-order valence-electron chi connectivity index (χ0n) is 14.2. The first kappa shape index (κ1) is 20.5. The van der Waals surface area contributed by atoms with Crippen molar-refractivity contribution in [3.05, 3.63) is 64.7 Å². The van der Waals surface area contributed by atoms with Crippen molar-refractivity contribution in [3.63, 3.8) is 0 Å². The number of carbonyl (C=O) groups is 1. The van der Waals surface area contributed by atoms with Crippen molar-refractivity contribution in [1.29, 1.82) is 0 Å². The van der Waals surface area contributed by atoms with Crippen LogP contribution in [0.25, 0.3) is 0 Å². The summed E-state index contributed by atoms with van der Waals surface area (Å²) in [4.78, 5) is 11.9. The predicted octanol–water partition coefficient (Wildman–Crippen LogP) is 4.99. The van der Waals surface area contributed by atoms with E-state index in [-0.39, 0.29) is 5.91 Å². The van der Waals surface area contributed by atoms with Crippen LogP contribution < -0.4 is 9.95 Å². The molecule has 26 heavy (non-hydrogen) atoms. The Hall–Kier alpha value is -1.79. The molecule has 1 amide bonds. The van der Waals surface area contributed by atoms with E-state index in [9.17, 15) is 9.36 Å². The zero-order chi connectivity index (χ0) is 19.0. The van der Waals surface area contributed by atoms with Crippen molar-refractivity contribution in [2.45, 2.75) is 6.92 Å². The first-order chi connectivity index (χ1) is 12.5. The molecule has 1 atom stereocenters. The third kappa shape index (κ3) is 6.18. The van der Waals surface area contributed by atoms with E-state index in [0.717, 1.165) is 16.9 Å². The Morgan fingerprint density at radius 2 is 2.04 bits per heavy atom. The molecular formula is C17H18ClN2O4PS. The molecule has 0 bridgehead atoms. The maximum absolute atomic E-state index is 12.3. The molecule has 0 aromatic heterocycles. The van der Waals surface area contributed by atoms with Crippen molar-refractivity contribution in [2.24, 2.45) is 5.10 Å². The molecule has 0 fully saturated rings. The highest BCUT2D eigenvalue weighted by molar-refractivity contribution is 8.55. The maximum atomic E-state index is 12.3. The van der Waals surface area contributed by atoms with E-state index in [0.29, 0.717) is 22.1 Å². The number of hydrogen-bond donors (Lipinski definition) is 1. The van der Waals surface area contributed by atoms with Crippen LogP contribution in [0.3, 0.4) is 0 Å². The van der Waals surface area contributed by atoms with E-state index in [2.05, 4.69) is 10.5 Å². The van der Waals surface area contributed by atoms with Gasteiger partial charge in [0.25, 0.3) is 5.91 Å². The molecule has 2 rings (SSSR count). The van der Waals surface area contributed by atoms with Crippen molar-refractivity contribution in [2.75, 3.05) is 12.9 Å². The number of halogens is 1. The summed E-state index contributed by atoms with van der Waals surface area (Å²) in [7, 11) is 1.35. The molecule has 2 aromatic rings. The minimum atomic E-state index is -3.19. The van der Waals surface area contributed by atoms with E-state index in [1.807, 2.05) is 6.92 Å². The zero-order valence-corrected chi connectivity index (χ0v) is 16.7. The number of amides is 1. The van der Waals surface area contributed by atoms with Gasteiger partial charge in [0.15, 0.2) is 0 Å². The molecule has 0 spiro atoms. The molecular weight excluding hydrogens is 395 g/mol. The Morgan fingerprint density at radius 3 is 2.65 bits per heavy atom. The Labute approximate surface area is 161 Å². The molecule has 0 aliphatic rings. The van der Waals surface area contributed by atoms with Gasteiger partial charge in [0.2, 0.25) is 0 Å². The Balaban J connectivity index is 1.95. The summed E-state index contributed by atoms with van der Waals surface area (Å²) in [5.41, 5.74) is 3.58. The van der Waals surface area contributed by atoms with Gasteiger partial charge in [-0.25, -0.2) is 9.99 Å². The SMILES string of the molecule is CCSP(=O)(OC)Oc1ccc(C=NNC(=O)c2cccc(Cl)c2)cc1. The van der Waals surface area contributed by atoms with Crippen LogP contribution in [-0.2, 0) is 9.09 Å². The van der Waals surface area contributed by atoms with Gasteiger partial charge >= 0.3 is 6.80 Å². The lowest BCUT2D eigenvalue weighted by atomic mass is 10.2. The number of hydrogen-bond acceptors (Lipinski definition) is 6. The molecule has 0 aliphatic carbocycles. The van der Waals surface area contributed by atoms with E-state index < -0.39 is 6.80 Å². The van der Waals surface area contributed by atoms with Crippen LogP contribution in [0.1, 0.15) is 22.8 Å². The van der Waals surface area contributed by atoms with Crippen molar-refractivity contribution < 1.29 is 18.4 Å². The summed E-state index contributed by atoms with van der Waals surface area (Å²) in [5, 5.41) is 4.38. The molecule has 0 saturated carbocycles. The number of nitrogens with zero attached hydrogens (tertiary/aromatic N) is 1. The maximum Gasteiger partial charge on any atom is 0.439 e. The Bertz CT molecular complexity index is 830. The summed E-state index contributed by atoms with van der Waals surface area (Å²) < 4.78 is 22.7. The second-order valence-electron chi connectivity index (χ2n) is 4.92. The number of hydrazone groups is 1. The lowest BCUT2D eigenvalue weighted by molar-refractivity contribution is 0.0955. The van der Waals surface area contributed by atoms with Crippen molar-refractivity contribution in [1.82, 2.24) is 5.43 Å². The lowest BCUT2D eigenvalue weighted by Gasteiger charge is -2.15. The molecule has 0 aliphatic heterocycles. The Morgan fingerprint density at radius 1 is 1.31 bits per heavy atom. The minimum Gasteiger partial charge on any atom is -0.417 e. The number of carbonyl (C=O) groups excluding carboxylic acids is 1. The van der Waals surface area contributed by atoms with Crippen LogP contribution in [0, 0.1) is 0 Å². The third-order valence-corrected chi connectivity index (χ3v) is 7.16. The summed E-state index contributed by atoms with van der Waals surface area (Å²) in [6, 6.07) is 13.3. The second-order valence-corrected chi connectivity index (χ2v) is 9.75. The number of rotatable bonds is 8. The van der Waals surface area contributed by atoms with Gasteiger partial charge < -0.3 is 4.52 Å². The summed E-state index contributed by atoms with van der Waals surface area (Å²) >= 11 is 6.97. The molecule has 6 nitrogen and oxygen atoms in total. The lowest BCUT2D eigenvalue weighted by Crippen LogP contribution is -2.17. The average Bonchev–Trinajstić information content (AvgIpc) is 2.63. The van der Waals surface area contributed by atoms with E-state index in [4.69, 9.17) is 20.6 Å². The molecule has 9 heteroatoms. The normalized spacial score (nSPS) is 13.3. The fraction of sp³-hybridized carbons (Fsp3) is 0.176. The average molecular weight is 413 g/mol. The molecule has 0 saturated heterocycles. The highest BCUT2D eigenvalue weighted by Gasteiger charge is 2.24. The number of nitrogens with one attached hydrogen (secondary N) is 1. The van der Waals surface area contributed by atoms with Gasteiger partial charge in [0.1, 0.15) is 5.75 Å². The predicted molar refractivity (Wildman–Crippen MR) is 106 cm³/mol. The first-order valence-corrected chi connectivity index (χ1v) is 11.2. The van der Waals surface area contributed by atoms with Gasteiger partial charge in [-0.3, -0.25) is 9.32 Å². The van der Waals surface area contributed by atoms with Crippen LogP contribution >= 0.6 is 29.8 Å². The van der Waals surface area contributed by atoms with Crippen molar-refractivity contribution in [3.8, 4) is 5.75 Å². The standard InChI is InChI=1S/C17H18ClN2O4PS/c1-3-26-25(22,23-2)24-16-9-7-13(8-10-16)12-19-20-17(21)14-5-4-6-15(18)11-14/h4-12H,3H2,1-2H3,(H,20,21). The van der Waals surface area contributed by atoms with Gasteiger partial charge in [-0.2, -0.15) is 5.10 Å². The summed E-state index contributed by atoms with van der Waals surface area (Å²) in [5.74, 6) is 0.680. The molecule has 0 heterocycles. The molecule has 0 radical (unpaired) electrons. The minimum absolute atomic E-state index is 0.360. The van der Waals surface area contributed by atoms with Crippen LogP contribution in [0.4, 0.5) is 0 Å². The summed E-state index contributed by atoms with van der Waals surface area (Å²) in [6.07, 6.45) is 1.49. The fourth-order valence-electron chi connectivity index (χ4n) is 1.88. The third-order valence-electron chi connectivity index (χ3n) is 3.07. The quantitative estimate of drug-likeness (QED) is 0.375. The Kier molecular flexibility index (Phi) is 7.72. The van der Waals surface area contributed by atoms with E-state index >= 15 is 0 Å². The van der Waals surface area contributed by atoms with Gasteiger partial charge in [0, 0.05) is 23.4 Å². The topological polar surface area (TPSA) is 77.0 Å². The summed E-state index contributed by atoms with van der Waals surface area (Å²) in [6.45, 7) is -1.32. The van der Waals surface area contributed by atoms with Gasteiger partial charge in [0.05, 0.1) is 6.21 Å². The van der Waals surface area contributed by atoms with Gasteiger partial charge in [-0.1, -0.05) is 24.6 Å². The monoisotopic (exact) mass is 412 g/mol. The first-order valence-electron chi connectivity index (χ1n) is 7.64. The van der Waals surface area contributed by atoms with Crippen molar-refractivity contribution >= 4 is 41.9 Å². The van der Waals surface area contributed by atoms with Gasteiger partial charge in [-0.05, 0) is 59.4 Å². The van der Waals surface area contributed by atoms with E-state index in [1.54, 1.807) is 48.5 Å². The van der Waals surface area contributed by atoms with Crippen LogP contribution in [-0.4, -0.2) is 25.0 Å². The van der Waals surface area contributed by atoms with Gasteiger partial charge in [-0.15, -0.1) is 0 Å². The highest BCUT2D eigenvalue weighted by Crippen LogP contribution is 2.59. The molecule has 138 valence electrons. The molecule has 1 N–H and O–H groups in total. The largest absolute Gasteiger partial charge is 0.439 e. The molecule has 1 unspecified atom stereocenters. The second kappa shape index (κ2) is 9.78. The number of benzene rings is 2. The smallest absolute Gasteiger partial charge is 0.417 e. The van der Waals surface area contributed by atoms with Crippen LogP contribution in [0.2, 0.25) is 5.02 Å². The van der Waals surface area contributed by atoms with Crippen LogP contribution in [0.15, 0.2) is 53.6 Å². The van der Waals surface area contributed by atoms with Crippen LogP contribution in [0.5, 0.6) is 5.75 Å². The van der Waals surface area contributed by atoms with E-state index in [1.165, 1.54) is 13.3 Å².